The molecule has 3 N–H and O–H groups in total. The molecule has 1 aliphatic heterocycles. The minimum atomic E-state index is -0.969. The first kappa shape index (κ1) is 16.7. The molecule has 2 aromatic rings. The number of fused-ring (bicyclic) bond motifs is 3. The van der Waals surface area contributed by atoms with E-state index in [0.29, 0.717) is 5.75 Å². The number of allylic oxidation sites excluding steroid dienone is 1. The van der Waals surface area contributed by atoms with Gasteiger partial charge in [-0.05, 0) is 49.2 Å². The highest BCUT2D eigenvalue weighted by Gasteiger charge is 2.33. The maximum Gasteiger partial charge on any atom is 0.552 e. The number of hydrogen-bond acceptors (Lipinski definition) is 5. The molecule has 0 radical (unpaired) electrons. The van der Waals surface area contributed by atoms with E-state index in [1.165, 1.54) is 0 Å². The van der Waals surface area contributed by atoms with Crippen LogP contribution in [0, 0.1) is 17.2 Å². The Hall–Kier alpha value is -2.79. The Labute approximate surface area is 151 Å². The first-order valence-electron chi connectivity index (χ1n) is 8.85. The number of rotatable bonds is 3. The van der Waals surface area contributed by atoms with Gasteiger partial charge in [0.1, 0.15) is 17.8 Å². The number of amides is 1. The summed E-state index contributed by atoms with van der Waals surface area (Å²) in [6.07, 6.45) is 6.92. The minimum absolute atomic E-state index is 0.0968. The first-order chi connectivity index (χ1) is 12.7. The summed E-state index contributed by atoms with van der Waals surface area (Å²) in [5.41, 5.74) is 2.89. The third kappa shape index (κ3) is 3.06. The summed E-state index contributed by atoms with van der Waals surface area (Å²) in [6.45, 7) is 0. The number of nitrogens with zero attached hydrogens (tertiary/aromatic N) is 2. The fourth-order valence-corrected chi connectivity index (χ4v) is 4.02. The van der Waals surface area contributed by atoms with Crippen LogP contribution in [0.2, 0.25) is 0 Å². The third-order valence-electron chi connectivity index (χ3n) is 5.18. The molecule has 0 saturated heterocycles. The van der Waals surface area contributed by atoms with E-state index >= 15 is 0 Å². The molecule has 2 aromatic heterocycles. The minimum Gasteiger partial charge on any atom is -0.531 e. The number of aromatic nitrogens is 2. The van der Waals surface area contributed by atoms with E-state index in [4.69, 9.17) is 9.92 Å². The van der Waals surface area contributed by atoms with E-state index in [2.05, 4.69) is 15.3 Å². The highest BCUT2D eigenvalue weighted by Crippen LogP contribution is 2.43. The van der Waals surface area contributed by atoms with Crippen molar-refractivity contribution in [3.05, 3.63) is 30.0 Å². The molecule has 0 aromatic carbocycles. The van der Waals surface area contributed by atoms with Crippen molar-refractivity contribution in [1.82, 2.24) is 15.3 Å². The molecule has 8 heteroatoms. The number of pyridine rings is 1. The van der Waals surface area contributed by atoms with Crippen LogP contribution in [0.3, 0.4) is 0 Å². The number of carbonyl (C=O) groups excluding carboxylic acids is 1. The van der Waals surface area contributed by atoms with Crippen LogP contribution in [0.4, 0.5) is 0 Å². The van der Waals surface area contributed by atoms with Gasteiger partial charge in [0.15, 0.2) is 0 Å². The van der Waals surface area contributed by atoms with Crippen molar-refractivity contribution in [2.45, 2.75) is 38.1 Å². The molecule has 1 aliphatic carbocycles. The standard InChI is InChI=1S/C18H19BN4O3/c20-7-5-16(24)23-12-3-1-11(2-4-12)14-9-19(25)26-15-10-22-18-13(17(14)15)6-8-21-18/h6,8-12,25H,1-5H2,(H,21,22)(H,23,24)/t11-,12-. The average molecular weight is 350 g/mol. The fourth-order valence-electron chi connectivity index (χ4n) is 4.02. The highest BCUT2D eigenvalue weighted by atomic mass is 16.5. The lowest BCUT2D eigenvalue weighted by atomic mass is 9.72. The van der Waals surface area contributed by atoms with E-state index in [-0.39, 0.29) is 24.3 Å². The normalized spacial score (nSPS) is 22.2. The second kappa shape index (κ2) is 6.85. The zero-order chi connectivity index (χ0) is 18.1. The Morgan fingerprint density at radius 2 is 2.27 bits per heavy atom. The van der Waals surface area contributed by atoms with Crippen LogP contribution in [0.5, 0.6) is 5.75 Å². The van der Waals surface area contributed by atoms with Gasteiger partial charge < -0.3 is 20.0 Å². The average Bonchev–Trinajstić information content (AvgIpc) is 3.10. The SMILES string of the molecule is N#CCC(=O)N[C@H]1CC[C@H](C2=CB(O)Oc3cnc4[nH]ccc4c32)CC1. The van der Waals surface area contributed by atoms with Gasteiger partial charge in [0.25, 0.3) is 0 Å². The fraction of sp³-hybridized carbons (Fsp3) is 0.389. The number of carbonyl (C=O) groups is 1. The number of nitrogens with one attached hydrogen (secondary N) is 2. The lowest BCUT2D eigenvalue weighted by Gasteiger charge is -2.33. The summed E-state index contributed by atoms with van der Waals surface area (Å²) in [5.74, 6) is 2.47. The second-order valence-electron chi connectivity index (χ2n) is 6.82. The van der Waals surface area contributed by atoms with E-state index in [0.717, 1.165) is 47.9 Å². The smallest absolute Gasteiger partial charge is 0.531 e. The lowest BCUT2D eigenvalue weighted by Crippen LogP contribution is -2.38. The highest BCUT2D eigenvalue weighted by molar-refractivity contribution is 6.52. The van der Waals surface area contributed by atoms with Gasteiger partial charge in [-0.1, -0.05) is 0 Å². The van der Waals surface area contributed by atoms with Crippen molar-refractivity contribution in [2.75, 3.05) is 0 Å². The molecule has 0 spiro atoms. The van der Waals surface area contributed by atoms with Gasteiger partial charge >= 0.3 is 7.12 Å². The quantitative estimate of drug-likeness (QED) is 0.733. The number of H-pyrrole nitrogens is 1. The van der Waals surface area contributed by atoms with Gasteiger partial charge in [0.05, 0.1) is 12.3 Å². The molecule has 0 unspecified atom stereocenters. The molecule has 2 aliphatic rings. The molecule has 1 fully saturated rings. The maximum atomic E-state index is 11.6. The van der Waals surface area contributed by atoms with Crippen LogP contribution in [-0.2, 0) is 4.79 Å². The van der Waals surface area contributed by atoms with Crippen molar-refractivity contribution < 1.29 is 14.5 Å². The van der Waals surface area contributed by atoms with Gasteiger partial charge in [-0.3, -0.25) is 4.79 Å². The Kier molecular flexibility index (Phi) is 4.39. The largest absolute Gasteiger partial charge is 0.552 e. The number of hydrogen-bond donors (Lipinski definition) is 3. The van der Waals surface area contributed by atoms with Crippen LogP contribution in [0.25, 0.3) is 16.6 Å². The molecule has 4 rings (SSSR count). The molecular weight excluding hydrogens is 331 g/mol. The molecule has 0 atom stereocenters. The van der Waals surface area contributed by atoms with E-state index < -0.39 is 7.12 Å². The summed E-state index contributed by atoms with van der Waals surface area (Å²) in [6, 6.07) is 3.96. The van der Waals surface area contributed by atoms with Crippen molar-refractivity contribution in [1.29, 1.82) is 5.26 Å². The van der Waals surface area contributed by atoms with Crippen LogP contribution in [0.1, 0.15) is 37.7 Å². The van der Waals surface area contributed by atoms with Gasteiger partial charge in [-0.15, -0.1) is 0 Å². The predicted octanol–water partition coefficient (Wildman–Crippen LogP) is 1.95. The molecule has 7 nitrogen and oxygen atoms in total. The maximum absolute atomic E-state index is 11.6. The van der Waals surface area contributed by atoms with Gasteiger partial charge in [-0.2, -0.15) is 5.26 Å². The Balaban J connectivity index is 1.55. The van der Waals surface area contributed by atoms with Crippen molar-refractivity contribution in [3.8, 4) is 11.8 Å². The molecule has 1 amide bonds. The van der Waals surface area contributed by atoms with E-state index in [1.807, 2.05) is 18.3 Å². The van der Waals surface area contributed by atoms with Crippen molar-refractivity contribution in [2.24, 2.45) is 5.92 Å². The Morgan fingerprint density at radius 1 is 1.46 bits per heavy atom. The van der Waals surface area contributed by atoms with Gasteiger partial charge in [-0.25, -0.2) is 4.98 Å². The molecule has 1 saturated carbocycles. The summed E-state index contributed by atoms with van der Waals surface area (Å²) in [7, 11) is -0.969. The Morgan fingerprint density at radius 3 is 3.04 bits per heavy atom. The first-order valence-corrected chi connectivity index (χ1v) is 8.85. The van der Waals surface area contributed by atoms with Crippen molar-refractivity contribution in [3.63, 3.8) is 0 Å². The topological polar surface area (TPSA) is 111 Å². The number of aromatic amines is 1. The zero-order valence-electron chi connectivity index (χ0n) is 14.2. The molecule has 132 valence electrons. The number of nitriles is 1. The molecule has 26 heavy (non-hydrogen) atoms. The van der Waals surface area contributed by atoms with Gasteiger partial charge in [0, 0.05) is 23.2 Å². The molecule has 0 bridgehead atoms. The van der Waals surface area contributed by atoms with Gasteiger partial charge in [0.2, 0.25) is 5.91 Å². The van der Waals surface area contributed by atoms with Crippen LogP contribution in [0.15, 0.2) is 24.4 Å². The predicted molar refractivity (Wildman–Crippen MR) is 96.8 cm³/mol. The second-order valence-corrected chi connectivity index (χ2v) is 6.82. The molecule has 3 heterocycles. The van der Waals surface area contributed by atoms with Crippen molar-refractivity contribution >= 4 is 29.6 Å². The van der Waals surface area contributed by atoms with E-state index in [1.54, 1.807) is 12.2 Å². The summed E-state index contributed by atoms with van der Waals surface area (Å²) >= 11 is 0. The third-order valence-corrected chi connectivity index (χ3v) is 5.18. The van der Waals surface area contributed by atoms with Crippen LogP contribution in [-0.4, -0.2) is 34.1 Å². The monoisotopic (exact) mass is 350 g/mol. The summed E-state index contributed by atoms with van der Waals surface area (Å²) in [4.78, 5) is 19.1. The lowest BCUT2D eigenvalue weighted by molar-refractivity contribution is -0.121. The molecular formula is C18H19BN4O3. The van der Waals surface area contributed by atoms with Crippen LogP contribution < -0.4 is 9.97 Å². The zero-order valence-corrected chi connectivity index (χ0v) is 14.2. The Bertz CT molecular complexity index is 909. The van der Waals surface area contributed by atoms with Crippen LogP contribution >= 0.6 is 0 Å². The summed E-state index contributed by atoms with van der Waals surface area (Å²) in [5, 5.41) is 22.6. The summed E-state index contributed by atoms with van der Waals surface area (Å²) < 4.78 is 5.55. The van der Waals surface area contributed by atoms with E-state index in [9.17, 15) is 9.82 Å².